The van der Waals surface area contributed by atoms with Crippen LogP contribution in [-0.4, -0.2) is 35.0 Å². The van der Waals surface area contributed by atoms with Gasteiger partial charge in [0.1, 0.15) is 5.60 Å². The van der Waals surface area contributed by atoms with Gasteiger partial charge in [0, 0.05) is 24.0 Å². The van der Waals surface area contributed by atoms with Gasteiger partial charge in [-0.3, -0.25) is 14.9 Å². The van der Waals surface area contributed by atoms with Gasteiger partial charge in [-0.25, -0.2) is 0 Å². The predicted molar refractivity (Wildman–Crippen MR) is 74.2 cm³/mol. The fraction of sp³-hybridized carbons (Fsp3) is 0.333. The van der Waals surface area contributed by atoms with Gasteiger partial charge in [0.2, 0.25) is 5.91 Å². The highest BCUT2D eigenvalue weighted by Gasteiger charge is 2.65. The minimum atomic E-state index is -1.32. The van der Waals surface area contributed by atoms with Crippen molar-refractivity contribution < 1.29 is 24.4 Å². The van der Waals surface area contributed by atoms with Crippen LogP contribution in [0.4, 0.5) is 11.4 Å². The summed E-state index contributed by atoms with van der Waals surface area (Å²) in [4.78, 5) is 35.8. The third kappa shape index (κ3) is 1.75. The molecule has 1 amide bonds. The maximum Gasteiger partial charge on any atom is 0.271 e. The minimum absolute atomic E-state index is 0.133. The van der Waals surface area contributed by atoms with Crippen molar-refractivity contribution in [3.8, 4) is 0 Å². The van der Waals surface area contributed by atoms with E-state index < -0.39 is 40.3 Å². The number of carbonyl (C=O) groups excluding carboxylic acids is 2. The van der Waals surface area contributed by atoms with E-state index in [9.17, 15) is 24.8 Å². The van der Waals surface area contributed by atoms with Crippen LogP contribution in [0.3, 0.4) is 0 Å². The Kier molecular flexibility index (Phi) is 2.65. The third-order valence-corrected chi connectivity index (χ3v) is 4.72. The lowest BCUT2D eigenvalue weighted by atomic mass is 9.77. The highest BCUT2D eigenvalue weighted by Crippen LogP contribution is 2.52. The Bertz CT molecular complexity index is 775. The van der Waals surface area contributed by atoms with E-state index in [1.165, 1.54) is 23.1 Å². The number of ether oxygens (including phenoxy) is 1. The minimum Gasteiger partial charge on any atom is -0.550 e. The lowest BCUT2D eigenvalue weighted by Crippen LogP contribution is -2.45. The number of anilines is 1. The first-order valence-electron chi connectivity index (χ1n) is 7.07. The lowest BCUT2D eigenvalue weighted by Gasteiger charge is -2.24. The largest absolute Gasteiger partial charge is 0.550 e. The monoisotopic (exact) mass is 315 g/mol. The summed E-state index contributed by atoms with van der Waals surface area (Å²) in [6.45, 7) is 0.133. The van der Waals surface area contributed by atoms with Crippen molar-refractivity contribution in [3.63, 3.8) is 0 Å². The molecule has 3 aliphatic heterocycles. The number of amides is 1. The first-order chi connectivity index (χ1) is 10.9. The Morgan fingerprint density at radius 1 is 1.43 bits per heavy atom. The third-order valence-electron chi connectivity index (χ3n) is 4.72. The first-order valence-corrected chi connectivity index (χ1v) is 7.07. The summed E-state index contributed by atoms with van der Waals surface area (Å²) >= 11 is 0. The molecule has 1 aromatic rings. The van der Waals surface area contributed by atoms with Crippen LogP contribution in [0.2, 0.25) is 0 Å². The van der Waals surface area contributed by atoms with Gasteiger partial charge in [-0.2, -0.15) is 0 Å². The second-order valence-electron chi connectivity index (χ2n) is 5.92. The van der Waals surface area contributed by atoms with E-state index in [-0.39, 0.29) is 12.2 Å². The highest BCUT2D eigenvalue weighted by molar-refractivity contribution is 6.02. The standard InChI is InChI=1S/C15H12N2O6/c18-13-12-11(14(19)20)10-4-5-15(12,23-10)7-16(13)8-2-1-3-9(6-8)17(21)22/h1-6,10-12H,7H2,(H,19,20)/p-1/t10-,11+,12-,15+/m1/s1. The Morgan fingerprint density at radius 2 is 2.22 bits per heavy atom. The molecule has 0 unspecified atom stereocenters. The van der Waals surface area contributed by atoms with Gasteiger partial charge in [-0.1, -0.05) is 18.2 Å². The Morgan fingerprint density at radius 3 is 2.91 bits per heavy atom. The lowest BCUT2D eigenvalue weighted by molar-refractivity contribution is -0.384. The van der Waals surface area contributed by atoms with Crippen LogP contribution < -0.4 is 10.0 Å². The van der Waals surface area contributed by atoms with E-state index in [2.05, 4.69) is 0 Å². The van der Waals surface area contributed by atoms with Crippen molar-refractivity contribution in [3.05, 3.63) is 46.5 Å². The van der Waals surface area contributed by atoms with Crippen molar-refractivity contribution in [1.82, 2.24) is 0 Å². The van der Waals surface area contributed by atoms with Crippen LogP contribution in [0.15, 0.2) is 36.4 Å². The second-order valence-corrected chi connectivity index (χ2v) is 5.92. The number of benzene rings is 1. The van der Waals surface area contributed by atoms with Crippen LogP contribution >= 0.6 is 0 Å². The molecule has 8 heteroatoms. The fourth-order valence-corrected chi connectivity index (χ4v) is 3.76. The molecule has 0 aliphatic carbocycles. The summed E-state index contributed by atoms with van der Waals surface area (Å²) in [5.74, 6) is -3.62. The van der Waals surface area contributed by atoms with Crippen molar-refractivity contribution in [2.75, 3.05) is 11.4 Å². The number of nitrogens with zero attached hydrogens (tertiary/aromatic N) is 2. The fourth-order valence-electron chi connectivity index (χ4n) is 3.76. The van der Waals surface area contributed by atoms with Crippen LogP contribution in [-0.2, 0) is 14.3 Å². The Balaban J connectivity index is 1.73. The molecular weight excluding hydrogens is 304 g/mol. The second kappa shape index (κ2) is 4.39. The molecule has 118 valence electrons. The van der Waals surface area contributed by atoms with E-state index in [0.29, 0.717) is 5.69 Å². The predicted octanol–water partition coefficient (Wildman–Crippen LogP) is -0.369. The number of nitro benzene ring substituents is 1. The van der Waals surface area contributed by atoms with Crippen LogP contribution in [0.5, 0.6) is 0 Å². The molecule has 8 nitrogen and oxygen atoms in total. The molecule has 2 saturated heterocycles. The number of hydrogen-bond donors (Lipinski definition) is 0. The molecule has 23 heavy (non-hydrogen) atoms. The number of rotatable bonds is 3. The molecule has 3 heterocycles. The van der Waals surface area contributed by atoms with Crippen molar-refractivity contribution >= 4 is 23.3 Å². The number of fused-ring (bicyclic) bond motifs is 1. The molecule has 1 aromatic carbocycles. The number of hydrogen-bond acceptors (Lipinski definition) is 6. The normalized spacial score (nSPS) is 34.0. The van der Waals surface area contributed by atoms with Gasteiger partial charge < -0.3 is 19.5 Å². The van der Waals surface area contributed by atoms with Gasteiger partial charge in [-0.05, 0) is 6.07 Å². The summed E-state index contributed by atoms with van der Waals surface area (Å²) < 4.78 is 5.73. The van der Waals surface area contributed by atoms with Crippen LogP contribution in [0.25, 0.3) is 0 Å². The zero-order valence-corrected chi connectivity index (χ0v) is 11.7. The smallest absolute Gasteiger partial charge is 0.271 e. The number of aliphatic carboxylic acids is 1. The van der Waals surface area contributed by atoms with Gasteiger partial charge in [0.05, 0.1) is 29.2 Å². The molecule has 2 fully saturated rings. The van der Waals surface area contributed by atoms with Gasteiger partial charge >= 0.3 is 0 Å². The SMILES string of the molecule is O=C([O-])[C@H]1[C@H]2C=C[C@@]3(CN(c4cccc([N+](=O)[O-])c4)C(=O)[C@@H]13)O2. The van der Waals surface area contributed by atoms with Crippen LogP contribution in [0.1, 0.15) is 0 Å². The van der Waals surface area contributed by atoms with Gasteiger partial charge in [0.15, 0.2) is 0 Å². The number of carbonyl (C=O) groups is 2. The number of carboxylic acid groups (broad SMARTS) is 1. The van der Waals surface area contributed by atoms with Crippen molar-refractivity contribution in [2.24, 2.45) is 11.8 Å². The summed E-state index contributed by atoms with van der Waals surface area (Å²) in [5, 5.41) is 22.3. The van der Waals surface area contributed by atoms with Gasteiger partial charge in [0.25, 0.3) is 5.69 Å². The summed E-state index contributed by atoms with van der Waals surface area (Å²) in [5.41, 5.74) is -0.774. The summed E-state index contributed by atoms with van der Waals surface area (Å²) in [7, 11) is 0. The number of nitro groups is 1. The zero-order valence-electron chi connectivity index (χ0n) is 11.7. The first kappa shape index (κ1) is 13.9. The van der Waals surface area contributed by atoms with Gasteiger partial charge in [-0.15, -0.1) is 0 Å². The molecule has 0 radical (unpaired) electrons. The highest BCUT2D eigenvalue weighted by atomic mass is 16.6. The molecule has 0 aromatic heterocycles. The molecule has 4 rings (SSSR count). The Hall–Kier alpha value is -2.74. The summed E-state index contributed by atoms with van der Waals surface area (Å²) in [6, 6.07) is 5.68. The zero-order chi connectivity index (χ0) is 16.4. The van der Waals surface area contributed by atoms with E-state index in [4.69, 9.17) is 4.74 Å². The van der Waals surface area contributed by atoms with Crippen molar-refractivity contribution in [2.45, 2.75) is 11.7 Å². The number of non-ortho nitro benzene ring substituents is 1. The van der Waals surface area contributed by atoms with Crippen molar-refractivity contribution in [1.29, 1.82) is 0 Å². The topological polar surface area (TPSA) is 113 Å². The Labute approximate surface area is 130 Å². The molecule has 4 atom stereocenters. The van der Waals surface area contributed by atoms with E-state index >= 15 is 0 Å². The maximum atomic E-state index is 12.7. The number of carboxylic acids is 1. The van der Waals surface area contributed by atoms with Crippen LogP contribution in [0, 0.1) is 22.0 Å². The quantitative estimate of drug-likeness (QED) is 0.427. The molecular formula is C15H11N2O6-. The van der Waals surface area contributed by atoms with E-state index in [1.807, 2.05) is 0 Å². The average molecular weight is 315 g/mol. The van der Waals surface area contributed by atoms with E-state index in [1.54, 1.807) is 18.2 Å². The molecule has 2 bridgehead atoms. The molecule has 3 aliphatic rings. The molecule has 1 spiro atoms. The molecule has 0 N–H and O–H groups in total. The average Bonchev–Trinajstić information content (AvgIpc) is 3.15. The maximum absolute atomic E-state index is 12.7. The van der Waals surface area contributed by atoms with E-state index in [0.717, 1.165) is 0 Å². The summed E-state index contributed by atoms with van der Waals surface area (Å²) in [6.07, 6.45) is 2.71. The molecule has 0 saturated carbocycles.